The van der Waals surface area contributed by atoms with E-state index in [1.54, 1.807) is 11.3 Å². The highest BCUT2D eigenvalue weighted by molar-refractivity contribution is 9.11. The summed E-state index contributed by atoms with van der Waals surface area (Å²) in [5, 5.41) is 10.7. The molecule has 0 bridgehead atoms. The average molecular weight is 314 g/mol. The number of H-pyrrole nitrogens is 1. The highest BCUT2D eigenvalue weighted by Gasteiger charge is 2.12. The molecule has 0 unspecified atom stereocenters. The summed E-state index contributed by atoms with van der Waals surface area (Å²) < 4.78 is 1.16. The molecule has 0 saturated carbocycles. The molecule has 0 atom stereocenters. The van der Waals surface area contributed by atoms with Gasteiger partial charge in [0.05, 0.1) is 15.7 Å². The van der Waals surface area contributed by atoms with Crippen molar-refractivity contribution < 1.29 is 0 Å². The van der Waals surface area contributed by atoms with Crippen LogP contribution in [0.5, 0.6) is 0 Å². The Bertz CT molecular complexity index is 490. The van der Waals surface area contributed by atoms with Gasteiger partial charge in [0.25, 0.3) is 0 Å². The lowest BCUT2D eigenvalue weighted by Crippen LogP contribution is -2.13. The molecule has 2 heterocycles. The lowest BCUT2D eigenvalue weighted by molar-refractivity contribution is 0.676. The topological polar surface area (TPSA) is 40.7 Å². The van der Waals surface area contributed by atoms with Crippen molar-refractivity contribution in [3.05, 3.63) is 26.5 Å². The molecule has 2 aromatic rings. The van der Waals surface area contributed by atoms with E-state index in [1.165, 1.54) is 16.0 Å². The lowest BCUT2D eigenvalue weighted by Gasteiger charge is -2.04. The Hall–Kier alpha value is -0.650. The lowest BCUT2D eigenvalue weighted by atomic mass is 10.1. The van der Waals surface area contributed by atoms with Gasteiger partial charge in [-0.1, -0.05) is 6.92 Å². The Kier molecular flexibility index (Phi) is 4.36. The van der Waals surface area contributed by atoms with Crippen LogP contribution in [-0.4, -0.2) is 16.7 Å². The smallest absolute Gasteiger partial charge is 0.0708 e. The van der Waals surface area contributed by atoms with E-state index in [4.69, 9.17) is 0 Å². The fraction of sp³-hybridized carbons (Fsp3) is 0.417. The van der Waals surface area contributed by atoms with Crippen molar-refractivity contribution in [3.63, 3.8) is 0 Å². The van der Waals surface area contributed by atoms with Gasteiger partial charge in [0.2, 0.25) is 0 Å². The van der Waals surface area contributed by atoms with E-state index in [-0.39, 0.29) is 0 Å². The number of nitrogens with zero attached hydrogens (tertiary/aromatic N) is 1. The number of hydrogen-bond acceptors (Lipinski definition) is 3. The van der Waals surface area contributed by atoms with E-state index in [2.05, 4.69) is 51.4 Å². The number of halogens is 1. The van der Waals surface area contributed by atoms with Crippen LogP contribution < -0.4 is 5.32 Å². The van der Waals surface area contributed by atoms with E-state index < -0.39 is 0 Å². The second-order valence-corrected chi connectivity index (χ2v) is 6.60. The van der Waals surface area contributed by atoms with Gasteiger partial charge in [-0.3, -0.25) is 5.10 Å². The van der Waals surface area contributed by atoms with Gasteiger partial charge >= 0.3 is 0 Å². The standard InChI is InChI=1S/C12H16BrN3S/c1-3-4-14-6-9-7-15-16-12(9)10-5-11(13)17-8(10)2/h5,7,14H,3-4,6H2,1-2H3,(H,15,16). The average Bonchev–Trinajstić information content (AvgIpc) is 2.85. The van der Waals surface area contributed by atoms with Crippen molar-refractivity contribution in [2.45, 2.75) is 26.8 Å². The molecule has 92 valence electrons. The van der Waals surface area contributed by atoms with Crippen molar-refractivity contribution in [1.82, 2.24) is 15.5 Å². The maximum atomic E-state index is 4.15. The third kappa shape index (κ3) is 2.97. The molecule has 0 fully saturated rings. The zero-order valence-electron chi connectivity index (χ0n) is 10.0. The number of nitrogens with one attached hydrogen (secondary N) is 2. The van der Waals surface area contributed by atoms with Crippen molar-refractivity contribution in [1.29, 1.82) is 0 Å². The highest BCUT2D eigenvalue weighted by Crippen LogP contribution is 2.34. The molecule has 0 aliphatic rings. The van der Waals surface area contributed by atoms with E-state index in [0.717, 1.165) is 29.0 Å². The summed E-state index contributed by atoms with van der Waals surface area (Å²) in [6.45, 7) is 6.21. The first-order chi connectivity index (χ1) is 8.22. The molecule has 2 N–H and O–H groups in total. The third-order valence-corrected chi connectivity index (χ3v) is 4.17. The number of aromatic nitrogens is 2. The quantitative estimate of drug-likeness (QED) is 0.826. The highest BCUT2D eigenvalue weighted by atomic mass is 79.9. The Morgan fingerprint density at radius 3 is 3.00 bits per heavy atom. The maximum absolute atomic E-state index is 4.15. The van der Waals surface area contributed by atoms with Crippen LogP contribution in [0.25, 0.3) is 11.3 Å². The molecule has 0 aliphatic heterocycles. The molecule has 17 heavy (non-hydrogen) atoms. The van der Waals surface area contributed by atoms with Gasteiger partial charge < -0.3 is 5.32 Å². The number of thiophene rings is 1. The van der Waals surface area contributed by atoms with E-state index in [0.29, 0.717) is 0 Å². The van der Waals surface area contributed by atoms with E-state index in [1.807, 2.05) is 6.20 Å². The van der Waals surface area contributed by atoms with Gasteiger partial charge in [-0.2, -0.15) is 5.10 Å². The van der Waals surface area contributed by atoms with Crippen molar-refractivity contribution >= 4 is 27.3 Å². The number of aromatic amines is 1. The predicted octanol–water partition coefficient (Wildman–Crippen LogP) is 3.71. The molecule has 0 saturated heterocycles. The molecule has 0 radical (unpaired) electrons. The number of hydrogen-bond donors (Lipinski definition) is 2. The zero-order chi connectivity index (χ0) is 12.3. The summed E-state index contributed by atoms with van der Waals surface area (Å²) >= 11 is 5.28. The zero-order valence-corrected chi connectivity index (χ0v) is 12.4. The molecule has 0 spiro atoms. The summed E-state index contributed by atoms with van der Waals surface area (Å²) in [4.78, 5) is 1.30. The van der Waals surface area contributed by atoms with Crippen molar-refractivity contribution in [3.8, 4) is 11.3 Å². The fourth-order valence-corrected chi connectivity index (χ4v) is 3.47. The Balaban J connectivity index is 2.21. The van der Waals surface area contributed by atoms with Crippen LogP contribution in [-0.2, 0) is 6.54 Å². The summed E-state index contributed by atoms with van der Waals surface area (Å²) in [6.07, 6.45) is 3.05. The van der Waals surface area contributed by atoms with Crippen LogP contribution in [0.4, 0.5) is 0 Å². The molecule has 2 aromatic heterocycles. The second-order valence-electron chi connectivity index (χ2n) is 3.97. The summed E-state index contributed by atoms with van der Waals surface area (Å²) in [5.41, 5.74) is 3.60. The molecule has 0 amide bonds. The van der Waals surface area contributed by atoms with Crippen LogP contribution in [0.2, 0.25) is 0 Å². The molecule has 0 aliphatic carbocycles. The third-order valence-electron chi connectivity index (χ3n) is 2.62. The first-order valence-electron chi connectivity index (χ1n) is 5.71. The van der Waals surface area contributed by atoms with Gasteiger partial charge in [0.1, 0.15) is 0 Å². The first-order valence-corrected chi connectivity index (χ1v) is 7.32. The van der Waals surface area contributed by atoms with Crippen molar-refractivity contribution in [2.24, 2.45) is 0 Å². The Labute approximate surface area is 114 Å². The van der Waals surface area contributed by atoms with Gasteiger partial charge in [0, 0.05) is 22.5 Å². The monoisotopic (exact) mass is 313 g/mol. The van der Waals surface area contributed by atoms with Crippen LogP contribution >= 0.6 is 27.3 Å². The second kappa shape index (κ2) is 5.80. The number of aryl methyl sites for hydroxylation is 1. The molecular weight excluding hydrogens is 298 g/mol. The minimum absolute atomic E-state index is 0.868. The predicted molar refractivity (Wildman–Crippen MR) is 76.3 cm³/mol. The van der Waals surface area contributed by atoms with Gasteiger partial charge in [0.15, 0.2) is 0 Å². The minimum Gasteiger partial charge on any atom is -0.313 e. The van der Waals surface area contributed by atoms with Crippen LogP contribution in [0, 0.1) is 6.92 Å². The first kappa shape index (κ1) is 12.8. The fourth-order valence-electron chi connectivity index (χ4n) is 1.77. The molecule has 2 rings (SSSR count). The molecule has 3 nitrogen and oxygen atoms in total. The maximum Gasteiger partial charge on any atom is 0.0708 e. The van der Waals surface area contributed by atoms with Crippen LogP contribution in [0.3, 0.4) is 0 Å². The van der Waals surface area contributed by atoms with Gasteiger partial charge in [-0.15, -0.1) is 11.3 Å². The Morgan fingerprint density at radius 1 is 1.53 bits per heavy atom. The van der Waals surface area contributed by atoms with Crippen LogP contribution in [0.1, 0.15) is 23.8 Å². The normalized spacial score (nSPS) is 11.0. The van der Waals surface area contributed by atoms with Crippen molar-refractivity contribution in [2.75, 3.05) is 6.54 Å². The summed E-state index contributed by atoms with van der Waals surface area (Å²) in [6, 6.07) is 2.15. The largest absolute Gasteiger partial charge is 0.313 e. The number of rotatable bonds is 5. The van der Waals surface area contributed by atoms with E-state index >= 15 is 0 Å². The van der Waals surface area contributed by atoms with E-state index in [9.17, 15) is 0 Å². The Morgan fingerprint density at radius 2 is 2.35 bits per heavy atom. The molecular formula is C12H16BrN3S. The van der Waals surface area contributed by atoms with Crippen LogP contribution in [0.15, 0.2) is 16.0 Å². The summed E-state index contributed by atoms with van der Waals surface area (Å²) in [5.74, 6) is 0. The SMILES string of the molecule is CCCNCc1cn[nH]c1-c1cc(Br)sc1C. The van der Waals surface area contributed by atoms with Gasteiger partial charge in [-0.25, -0.2) is 0 Å². The molecule has 0 aromatic carbocycles. The van der Waals surface area contributed by atoms with Gasteiger partial charge in [-0.05, 0) is 41.9 Å². The summed E-state index contributed by atoms with van der Waals surface area (Å²) in [7, 11) is 0. The minimum atomic E-state index is 0.868. The molecule has 5 heteroatoms.